The van der Waals surface area contributed by atoms with Crippen LogP contribution in [0.25, 0.3) is 0 Å². The highest BCUT2D eigenvalue weighted by atomic mass is 16.5. The van der Waals surface area contributed by atoms with E-state index in [4.69, 9.17) is 4.74 Å². The first-order chi connectivity index (χ1) is 20.6. The van der Waals surface area contributed by atoms with Crippen LogP contribution >= 0.6 is 0 Å². The molecule has 0 bridgehead atoms. The molecule has 0 aliphatic rings. The maximum atomic E-state index is 5.96. The van der Waals surface area contributed by atoms with Crippen molar-refractivity contribution in [3.63, 3.8) is 0 Å². The molecule has 222 valence electrons. The molecule has 4 rings (SSSR count). The van der Waals surface area contributed by atoms with Gasteiger partial charge in [0.1, 0.15) is 5.75 Å². The molecule has 0 N–H and O–H groups in total. The molecule has 0 amide bonds. The number of hydrogen-bond donors (Lipinski definition) is 0. The van der Waals surface area contributed by atoms with E-state index in [9.17, 15) is 0 Å². The molecule has 0 fully saturated rings. The van der Waals surface area contributed by atoms with E-state index in [1.54, 1.807) is 0 Å². The highest BCUT2D eigenvalue weighted by Gasteiger charge is 2.11. The van der Waals surface area contributed by atoms with Gasteiger partial charge < -0.3 is 14.5 Å². The Balaban J connectivity index is 1.38. The fraction of sp³-hybridized carbons (Fsp3) is 0.385. The maximum absolute atomic E-state index is 5.96. The number of benzene rings is 4. The van der Waals surface area contributed by atoms with Gasteiger partial charge in [-0.15, -0.1) is 0 Å². The molecule has 0 spiro atoms. The van der Waals surface area contributed by atoms with Crippen LogP contribution in [0.2, 0.25) is 0 Å². The number of ether oxygens (including phenoxy) is 1. The number of nitrogens with zero attached hydrogens (tertiary/aromatic N) is 2. The van der Waals surface area contributed by atoms with Gasteiger partial charge in [0.2, 0.25) is 0 Å². The SMILES string of the molecule is CCCCCCc1ccc(N(C)c2ccc(CCN(c3ccc(C)cc3)c3ccc(OCCCCC)cc3)cc2)cc1. The van der Waals surface area contributed by atoms with E-state index in [1.165, 1.54) is 84.4 Å². The first kappa shape index (κ1) is 31.2. The zero-order chi connectivity index (χ0) is 29.6. The van der Waals surface area contributed by atoms with Crippen molar-refractivity contribution in [3.8, 4) is 5.75 Å². The second kappa shape index (κ2) is 16.7. The summed E-state index contributed by atoms with van der Waals surface area (Å²) in [6.45, 7) is 8.30. The average Bonchev–Trinajstić information content (AvgIpc) is 3.03. The van der Waals surface area contributed by atoms with Crippen LogP contribution in [-0.4, -0.2) is 20.2 Å². The van der Waals surface area contributed by atoms with Crippen LogP contribution in [-0.2, 0) is 12.8 Å². The molecule has 0 saturated carbocycles. The Labute approximate surface area is 255 Å². The van der Waals surface area contributed by atoms with E-state index in [1.807, 2.05) is 0 Å². The van der Waals surface area contributed by atoms with Gasteiger partial charge in [0.05, 0.1) is 6.61 Å². The van der Waals surface area contributed by atoms with E-state index >= 15 is 0 Å². The smallest absolute Gasteiger partial charge is 0.119 e. The molecule has 0 unspecified atom stereocenters. The summed E-state index contributed by atoms with van der Waals surface area (Å²) in [5.74, 6) is 0.944. The minimum atomic E-state index is 0.782. The Morgan fingerprint density at radius 2 is 1.02 bits per heavy atom. The summed E-state index contributed by atoms with van der Waals surface area (Å²) in [5, 5.41) is 0. The normalized spacial score (nSPS) is 11.0. The molecule has 0 aliphatic heterocycles. The molecule has 4 aromatic carbocycles. The topological polar surface area (TPSA) is 15.7 Å². The second-order valence-electron chi connectivity index (χ2n) is 11.5. The fourth-order valence-electron chi connectivity index (χ4n) is 5.31. The van der Waals surface area contributed by atoms with Gasteiger partial charge >= 0.3 is 0 Å². The van der Waals surface area contributed by atoms with Gasteiger partial charge in [-0.3, -0.25) is 0 Å². The summed E-state index contributed by atoms with van der Waals surface area (Å²) in [4.78, 5) is 4.68. The van der Waals surface area contributed by atoms with Gasteiger partial charge in [0.25, 0.3) is 0 Å². The van der Waals surface area contributed by atoms with Gasteiger partial charge in [-0.25, -0.2) is 0 Å². The molecule has 42 heavy (non-hydrogen) atoms. The number of anilines is 4. The van der Waals surface area contributed by atoms with Gasteiger partial charge in [-0.05, 0) is 104 Å². The summed E-state index contributed by atoms with van der Waals surface area (Å²) < 4.78 is 5.96. The van der Waals surface area contributed by atoms with Crippen LogP contribution in [0, 0.1) is 6.92 Å². The average molecular weight is 563 g/mol. The Bertz CT molecular complexity index is 1290. The standard InChI is InChI=1S/C39H50N2O/c1-5-7-9-10-12-33-15-21-35(22-16-33)40(4)36-23-17-34(18-24-36)29-30-41(37-19-13-32(3)14-20-37)38-25-27-39(28-26-38)42-31-11-8-6-2/h13-28H,5-12,29-31H2,1-4H3. The minimum absolute atomic E-state index is 0.782. The van der Waals surface area contributed by atoms with Gasteiger partial charge in [0, 0.05) is 36.3 Å². The largest absolute Gasteiger partial charge is 0.494 e. The number of rotatable bonds is 17. The van der Waals surface area contributed by atoms with Crippen molar-refractivity contribution in [3.05, 3.63) is 114 Å². The lowest BCUT2D eigenvalue weighted by Crippen LogP contribution is -2.20. The van der Waals surface area contributed by atoms with Crippen molar-refractivity contribution in [2.75, 3.05) is 30.0 Å². The molecule has 3 nitrogen and oxygen atoms in total. The summed E-state index contributed by atoms with van der Waals surface area (Å²) >= 11 is 0. The Hall–Kier alpha value is -3.72. The van der Waals surface area contributed by atoms with Crippen LogP contribution in [0.3, 0.4) is 0 Å². The molecule has 0 aliphatic carbocycles. The van der Waals surface area contributed by atoms with E-state index in [2.05, 4.69) is 135 Å². The molecule has 0 aromatic heterocycles. The summed E-state index contributed by atoms with van der Waals surface area (Å²) in [5.41, 5.74) is 8.87. The summed E-state index contributed by atoms with van der Waals surface area (Å²) in [7, 11) is 2.15. The van der Waals surface area contributed by atoms with Crippen LogP contribution in [0.15, 0.2) is 97.1 Å². The van der Waals surface area contributed by atoms with Crippen LogP contribution < -0.4 is 14.5 Å². The third kappa shape index (κ3) is 9.41. The van der Waals surface area contributed by atoms with E-state index in [0.717, 1.165) is 31.7 Å². The summed E-state index contributed by atoms with van der Waals surface area (Å²) in [6.07, 6.45) is 10.9. The molecular formula is C39H50N2O. The minimum Gasteiger partial charge on any atom is -0.494 e. The Kier molecular flexibility index (Phi) is 12.4. The van der Waals surface area contributed by atoms with Crippen molar-refractivity contribution in [2.45, 2.75) is 78.6 Å². The zero-order valence-electron chi connectivity index (χ0n) is 26.3. The lowest BCUT2D eigenvalue weighted by atomic mass is 10.1. The quantitative estimate of drug-likeness (QED) is 0.119. The first-order valence-electron chi connectivity index (χ1n) is 16.1. The van der Waals surface area contributed by atoms with Gasteiger partial charge in [-0.1, -0.05) is 87.9 Å². The third-order valence-electron chi connectivity index (χ3n) is 8.10. The fourth-order valence-corrected chi connectivity index (χ4v) is 5.31. The summed E-state index contributed by atoms with van der Waals surface area (Å²) in [6, 6.07) is 35.5. The van der Waals surface area contributed by atoms with Gasteiger partial charge in [0.15, 0.2) is 0 Å². The predicted molar refractivity (Wildman–Crippen MR) is 182 cm³/mol. The van der Waals surface area contributed by atoms with Gasteiger partial charge in [-0.2, -0.15) is 0 Å². The monoisotopic (exact) mass is 562 g/mol. The van der Waals surface area contributed by atoms with E-state index in [-0.39, 0.29) is 0 Å². The maximum Gasteiger partial charge on any atom is 0.119 e. The zero-order valence-corrected chi connectivity index (χ0v) is 26.3. The number of aryl methyl sites for hydroxylation is 2. The van der Waals surface area contributed by atoms with Crippen molar-refractivity contribution in [1.29, 1.82) is 0 Å². The van der Waals surface area contributed by atoms with E-state index in [0.29, 0.717) is 0 Å². The third-order valence-corrected chi connectivity index (χ3v) is 8.10. The van der Waals surface area contributed by atoms with Crippen LogP contribution in [0.5, 0.6) is 5.75 Å². The van der Waals surface area contributed by atoms with Crippen LogP contribution in [0.1, 0.15) is 75.5 Å². The molecule has 4 aromatic rings. The predicted octanol–water partition coefficient (Wildman–Crippen LogP) is 10.8. The highest BCUT2D eigenvalue weighted by Crippen LogP contribution is 2.29. The molecular weight excluding hydrogens is 512 g/mol. The molecule has 0 radical (unpaired) electrons. The number of hydrogen-bond acceptors (Lipinski definition) is 3. The van der Waals surface area contributed by atoms with Crippen molar-refractivity contribution >= 4 is 22.7 Å². The molecule has 0 atom stereocenters. The molecule has 0 saturated heterocycles. The lowest BCUT2D eigenvalue weighted by Gasteiger charge is -2.26. The van der Waals surface area contributed by atoms with Crippen molar-refractivity contribution in [1.82, 2.24) is 0 Å². The molecule has 0 heterocycles. The lowest BCUT2D eigenvalue weighted by molar-refractivity contribution is 0.306. The first-order valence-corrected chi connectivity index (χ1v) is 16.1. The number of unbranched alkanes of at least 4 members (excludes halogenated alkanes) is 5. The Morgan fingerprint density at radius 3 is 1.60 bits per heavy atom. The van der Waals surface area contributed by atoms with Crippen molar-refractivity contribution < 1.29 is 4.74 Å². The Morgan fingerprint density at radius 1 is 0.524 bits per heavy atom. The van der Waals surface area contributed by atoms with Crippen LogP contribution in [0.4, 0.5) is 22.7 Å². The highest BCUT2D eigenvalue weighted by molar-refractivity contribution is 5.65. The second-order valence-corrected chi connectivity index (χ2v) is 11.5. The van der Waals surface area contributed by atoms with Crippen molar-refractivity contribution in [2.24, 2.45) is 0 Å². The van der Waals surface area contributed by atoms with E-state index < -0.39 is 0 Å². The molecule has 3 heteroatoms.